The largest absolute Gasteiger partial charge is 0.496 e. The predicted octanol–water partition coefficient (Wildman–Crippen LogP) is 1.74. The Balaban J connectivity index is 1.68. The Kier molecular flexibility index (Phi) is 3.53. The molecule has 3 rings (SSSR count). The van der Waals surface area contributed by atoms with Crippen molar-refractivity contribution >= 4 is 5.78 Å². The average Bonchev–Trinajstić information content (AvgIpc) is 2.78. The number of carbonyl (C=O) groups excluding carboxylic acids is 1. The molecule has 1 aromatic carbocycles. The van der Waals surface area contributed by atoms with Gasteiger partial charge in [0.05, 0.1) is 31.4 Å². The van der Waals surface area contributed by atoms with Gasteiger partial charge in [-0.05, 0) is 25.0 Å². The lowest BCUT2D eigenvalue weighted by Crippen LogP contribution is -2.44. The van der Waals surface area contributed by atoms with Gasteiger partial charge in [0.25, 0.3) is 0 Å². The van der Waals surface area contributed by atoms with E-state index in [1.54, 1.807) is 7.11 Å². The molecule has 2 bridgehead atoms. The third kappa shape index (κ3) is 2.65. The van der Waals surface area contributed by atoms with Crippen molar-refractivity contribution in [3.8, 4) is 5.75 Å². The first-order valence-electron chi connectivity index (χ1n) is 6.80. The zero-order valence-corrected chi connectivity index (χ0v) is 11.2. The van der Waals surface area contributed by atoms with Crippen LogP contribution in [0.25, 0.3) is 0 Å². The molecule has 4 heteroatoms. The van der Waals surface area contributed by atoms with Crippen molar-refractivity contribution in [3.05, 3.63) is 29.8 Å². The Morgan fingerprint density at radius 1 is 1.32 bits per heavy atom. The minimum atomic E-state index is 0.124. The summed E-state index contributed by atoms with van der Waals surface area (Å²) in [5.74, 6) is 0.780. The number of fused-ring (bicyclic) bond motifs is 2. The summed E-state index contributed by atoms with van der Waals surface area (Å²) in [4.78, 5) is 14.6. The summed E-state index contributed by atoms with van der Waals surface area (Å²) in [6.45, 7) is 2.20. The molecule has 0 aromatic heterocycles. The first kappa shape index (κ1) is 12.6. The normalized spacial score (nSPS) is 26.4. The first-order valence-corrected chi connectivity index (χ1v) is 6.80. The number of ether oxygens (including phenoxy) is 2. The molecule has 0 N–H and O–H groups in total. The summed E-state index contributed by atoms with van der Waals surface area (Å²) in [7, 11) is 1.60. The maximum absolute atomic E-state index is 12.4. The van der Waals surface area contributed by atoms with Gasteiger partial charge in [-0.1, -0.05) is 12.1 Å². The van der Waals surface area contributed by atoms with Crippen LogP contribution in [0.4, 0.5) is 0 Å². The summed E-state index contributed by atoms with van der Waals surface area (Å²) in [5, 5.41) is 0. The molecular weight excluding hydrogens is 242 g/mol. The minimum Gasteiger partial charge on any atom is -0.496 e. The van der Waals surface area contributed by atoms with E-state index in [0.717, 1.165) is 25.9 Å². The number of ketones is 1. The molecule has 2 aliphatic heterocycles. The zero-order valence-electron chi connectivity index (χ0n) is 11.2. The second-order valence-electron chi connectivity index (χ2n) is 5.27. The second-order valence-corrected chi connectivity index (χ2v) is 5.27. The van der Waals surface area contributed by atoms with Crippen LogP contribution in [0, 0.1) is 0 Å². The summed E-state index contributed by atoms with van der Waals surface area (Å²) < 4.78 is 11.0. The lowest BCUT2D eigenvalue weighted by atomic mass is 10.1. The van der Waals surface area contributed by atoms with E-state index in [9.17, 15) is 4.79 Å². The Morgan fingerprint density at radius 2 is 2.00 bits per heavy atom. The van der Waals surface area contributed by atoms with Gasteiger partial charge in [-0.2, -0.15) is 0 Å². The maximum Gasteiger partial charge on any atom is 0.180 e. The third-order valence-electron chi connectivity index (χ3n) is 3.89. The monoisotopic (exact) mass is 261 g/mol. The molecule has 2 aliphatic rings. The van der Waals surface area contributed by atoms with Crippen LogP contribution in [-0.2, 0) is 4.74 Å². The second kappa shape index (κ2) is 5.31. The predicted molar refractivity (Wildman–Crippen MR) is 71.7 cm³/mol. The number of benzene rings is 1. The molecule has 2 unspecified atom stereocenters. The molecule has 0 saturated carbocycles. The summed E-state index contributed by atoms with van der Waals surface area (Å²) in [6, 6.07) is 7.41. The molecule has 0 radical (unpaired) electrons. The summed E-state index contributed by atoms with van der Waals surface area (Å²) >= 11 is 0. The van der Waals surface area contributed by atoms with Crippen molar-refractivity contribution in [1.29, 1.82) is 0 Å². The highest BCUT2D eigenvalue weighted by Gasteiger charge is 2.34. The standard InChI is InChI=1S/C15H19NO3/c1-18-15-5-3-2-4-13(15)14(17)10-16-8-11-6-7-12(9-16)19-11/h2-5,11-12H,6-10H2,1H3. The molecule has 2 saturated heterocycles. The van der Waals surface area contributed by atoms with E-state index < -0.39 is 0 Å². The third-order valence-corrected chi connectivity index (χ3v) is 3.89. The minimum absolute atomic E-state index is 0.124. The smallest absolute Gasteiger partial charge is 0.180 e. The molecule has 102 valence electrons. The number of hydrogen-bond donors (Lipinski definition) is 0. The lowest BCUT2D eigenvalue weighted by Gasteiger charge is -2.31. The average molecular weight is 261 g/mol. The van der Waals surface area contributed by atoms with E-state index in [0.29, 0.717) is 30.1 Å². The molecule has 0 aliphatic carbocycles. The number of methoxy groups -OCH3 is 1. The number of para-hydroxylation sites is 1. The molecule has 1 aromatic rings. The Morgan fingerprint density at radius 3 is 2.68 bits per heavy atom. The molecule has 2 fully saturated rings. The summed E-state index contributed by atoms with van der Waals surface area (Å²) in [6.07, 6.45) is 2.90. The quantitative estimate of drug-likeness (QED) is 0.774. The SMILES string of the molecule is COc1ccccc1C(=O)CN1CC2CCC(C1)O2. The molecule has 0 spiro atoms. The number of Topliss-reactive ketones (excluding diaryl/α,β-unsaturated/α-hetero) is 1. The van der Waals surface area contributed by atoms with Crippen LogP contribution >= 0.6 is 0 Å². The van der Waals surface area contributed by atoms with Crippen LogP contribution in [0.15, 0.2) is 24.3 Å². The Hall–Kier alpha value is -1.39. The molecular formula is C15H19NO3. The molecule has 2 atom stereocenters. The Bertz CT molecular complexity index is 462. The topological polar surface area (TPSA) is 38.8 Å². The fraction of sp³-hybridized carbons (Fsp3) is 0.533. The highest BCUT2D eigenvalue weighted by atomic mass is 16.5. The molecule has 2 heterocycles. The van der Waals surface area contributed by atoms with Crippen LogP contribution in [0.1, 0.15) is 23.2 Å². The summed E-state index contributed by atoms with van der Waals surface area (Å²) in [5.41, 5.74) is 0.670. The van der Waals surface area contributed by atoms with E-state index in [-0.39, 0.29) is 5.78 Å². The number of nitrogens with zero attached hydrogens (tertiary/aromatic N) is 1. The van der Waals surface area contributed by atoms with Crippen molar-refractivity contribution in [1.82, 2.24) is 4.90 Å². The van der Waals surface area contributed by atoms with Crippen LogP contribution in [0.5, 0.6) is 5.75 Å². The van der Waals surface area contributed by atoms with Crippen molar-refractivity contribution in [2.45, 2.75) is 25.0 Å². The van der Waals surface area contributed by atoms with Gasteiger partial charge in [0, 0.05) is 13.1 Å². The van der Waals surface area contributed by atoms with E-state index in [1.807, 2.05) is 24.3 Å². The lowest BCUT2D eigenvalue weighted by molar-refractivity contribution is -0.0355. The van der Waals surface area contributed by atoms with Crippen molar-refractivity contribution in [2.24, 2.45) is 0 Å². The van der Waals surface area contributed by atoms with Gasteiger partial charge in [0.1, 0.15) is 5.75 Å². The Labute approximate surface area is 113 Å². The first-order chi connectivity index (χ1) is 9.26. The molecule has 4 nitrogen and oxygen atoms in total. The van der Waals surface area contributed by atoms with E-state index in [1.165, 1.54) is 0 Å². The molecule has 19 heavy (non-hydrogen) atoms. The van der Waals surface area contributed by atoms with Gasteiger partial charge in [-0.25, -0.2) is 0 Å². The van der Waals surface area contributed by atoms with Gasteiger partial charge in [0.15, 0.2) is 5.78 Å². The van der Waals surface area contributed by atoms with E-state index in [4.69, 9.17) is 9.47 Å². The number of likely N-dealkylation sites (tertiary alicyclic amines) is 1. The fourth-order valence-electron chi connectivity index (χ4n) is 2.99. The number of hydrogen-bond acceptors (Lipinski definition) is 4. The van der Waals surface area contributed by atoms with E-state index in [2.05, 4.69) is 4.90 Å². The number of morpholine rings is 1. The highest BCUT2D eigenvalue weighted by molar-refractivity contribution is 6.00. The van der Waals surface area contributed by atoms with E-state index >= 15 is 0 Å². The van der Waals surface area contributed by atoms with Crippen LogP contribution < -0.4 is 4.74 Å². The van der Waals surface area contributed by atoms with Crippen LogP contribution in [0.2, 0.25) is 0 Å². The molecule has 0 amide bonds. The van der Waals surface area contributed by atoms with Crippen LogP contribution in [0.3, 0.4) is 0 Å². The van der Waals surface area contributed by atoms with Crippen molar-refractivity contribution in [3.63, 3.8) is 0 Å². The van der Waals surface area contributed by atoms with Crippen molar-refractivity contribution < 1.29 is 14.3 Å². The number of carbonyl (C=O) groups is 1. The van der Waals surface area contributed by atoms with Gasteiger partial charge in [-0.15, -0.1) is 0 Å². The van der Waals surface area contributed by atoms with Crippen LogP contribution in [-0.4, -0.2) is 49.6 Å². The van der Waals surface area contributed by atoms with Gasteiger partial charge >= 0.3 is 0 Å². The van der Waals surface area contributed by atoms with Gasteiger partial charge in [0.2, 0.25) is 0 Å². The fourth-order valence-corrected chi connectivity index (χ4v) is 2.99. The highest BCUT2D eigenvalue weighted by Crippen LogP contribution is 2.26. The van der Waals surface area contributed by atoms with Gasteiger partial charge < -0.3 is 9.47 Å². The van der Waals surface area contributed by atoms with Crippen molar-refractivity contribution in [2.75, 3.05) is 26.7 Å². The zero-order chi connectivity index (χ0) is 13.2. The maximum atomic E-state index is 12.4. The van der Waals surface area contributed by atoms with Gasteiger partial charge in [-0.3, -0.25) is 9.69 Å². The number of rotatable bonds is 4.